The van der Waals surface area contributed by atoms with Gasteiger partial charge in [0.2, 0.25) is 0 Å². The predicted molar refractivity (Wildman–Crippen MR) is 124 cm³/mol. The van der Waals surface area contributed by atoms with Crippen LogP contribution in [-0.2, 0) is 28.6 Å². The van der Waals surface area contributed by atoms with Crippen molar-refractivity contribution < 1.29 is 28.6 Å². The molecule has 0 unspecified atom stereocenters. The summed E-state index contributed by atoms with van der Waals surface area (Å²) in [5.74, 6) is -0.829. The SMILES string of the molecule is C=C(C)C(=O)OCCOC(=O)C(C)(C)CC.CCN(CC)CCOC(=O)C(C)(C)CC. The molecule has 0 aliphatic heterocycles. The number of esters is 3. The minimum Gasteiger partial charge on any atom is -0.464 e. The number of hydrogen-bond acceptors (Lipinski definition) is 7. The van der Waals surface area contributed by atoms with E-state index in [0.717, 1.165) is 26.1 Å². The lowest BCUT2D eigenvalue weighted by molar-refractivity contribution is -0.158. The molecule has 0 bridgehead atoms. The molecular formula is C24H45NO6. The van der Waals surface area contributed by atoms with Gasteiger partial charge in [0, 0.05) is 12.1 Å². The van der Waals surface area contributed by atoms with Gasteiger partial charge in [-0.25, -0.2) is 4.79 Å². The van der Waals surface area contributed by atoms with E-state index in [0.29, 0.717) is 18.6 Å². The molecule has 0 radical (unpaired) electrons. The molecule has 0 atom stereocenters. The van der Waals surface area contributed by atoms with Gasteiger partial charge in [0.1, 0.15) is 19.8 Å². The standard InChI is InChI=1S/C12H25NO2.C12H20O4/c1-6-12(4,5)11(14)15-10-9-13(7-2)8-3;1-6-12(4,5)11(14)16-8-7-15-10(13)9(2)3/h6-10H2,1-5H3;2,6-8H2,1,3-5H3. The zero-order chi connectivity index (χ0) is 24.7. The lowest BCUT2D eigenvalue weighted by Crippen LogP contribution is -2.31. The summed E-state index contributed by atoms with van der Waals surface area (Å²) in [5, 5.41) is 0. The van der Waals surface area contributed by atoms with E-state index in [2.05, 4.69) is 25.3 Å². The monoisotopic (exact) mass is 443 g/mol. The largest absolute Gasteiger partial charge is 0.464 e. The Labute approximate surface area is 189 Å². The van der Waals surface area contributed by atoms with Crippen molar-refractivity contribution in [1.82, 2.24) is 4.90 Å². The van der Waals surface area contributed by atoms with Crippen LogP contribution in [-0.4, -0.2) is 62.3 Å². The summed E-state index contributed by atoms with van der Waals surface area (Å²) in [6, 6.07) is 0. The summed E-state index contributed by atoms with van der Waals surface area (Å²) in [6.07, 6.45) is 1.52. The summed E-state index contributed by atoms with van der Waals surface area (Å²) in [7, 11) is 0. The van der Waals surface area contributed by atoms with Crippen LogP contribution in [0.15, 0.2) is 12.2 Å². The first-order valence-corrected chi connectivity index (χ1v) is 11.2. The number of hydrogen-bond donors (Lipinski definition) is 0. The number of carbonyl (C=O) groups is 3. The lowest BCUT2D eigenvalue weighted by atomic mass is 9.91. The van der Waals surface area contributed by atoms with Crippen LogP contribution in [0, 0.1) is 10.8 Å². The van der Waals surface area contributed by atoms with Crippen LogP contribution in [0.5, 0.6) is 0 Å². The smallest absolute Gasteiger partial charge is 0.333 e. The average molecular weight is 444 g/mol. The molecule has 0 aromatic rings. The predicted octanol–water partition coefficient (Wildman–Crippen LogP) is 4.39. The first kappa shape index (κ1) is 31.3. The van der Waals surface area contributed by atoms with Crippen LogP contribution in [0.3, 0.4) is 0 Å². The minimum atomic E-state index is -0.488. The average Bonchev–Trinajstić information content (AvgIpc) is 2.73. The Morgan fingerprint density at radius 2 is 1.13 bits per heavy atom. The maximum Gasteiger partial charge on any atom is 0.333 e. The van der Waals surface area contributed by atoms with Gasteiger partial charge in [-0.1, -0.05) is 34.3 Å². The molecule has 0 saturated heterocycles. The fourth-order valence-corrected chi connectivity index (χ4v) is 1.88. The maximum atomic E-state index is 11.6. The zero-order valence-electron chi connectivity index (χ0n) is 21.3. The van der Waals surface area contributed by atoms with Crippen molar-refractivity contribution in [3.63, 3.8) is 0 Å². The number of rotatable bonds is 13. The fraction of sp³-hybridized carbons (Fsp3) is 0.792. The Morgan fingerprint density at radius 1 is 0.742 bits per heavy atom. The van der Waals surface area contributed by atoms with Crippen LogP contribution >= 0.6 is 0 Å². The Balaban J connectivity index is 0. The highest BCUT2D eigenvalue weighted by Gasteiger charge is 2.27. The molecule has 182 valence electrons. The second kappa shape index (κ2) is 15.8. The molecule has 0 aliphatic carbocycles. The van der Waals surface area contributed by atoms with Gasteiger partial charge in [0.25, 0.3) is 0 Å². The number of nitrogens with zero attached hydrogens (tertiary/aromatic N) is 1. The quantitative estimate of drug-likeness (QED) is 0.181. The second-order valence-corrected chi connectivity index (χ2v) is 8.69. The van der Waals surface area contributed by atoms with Gasteiger partial charge in [-0.05, 0) is 60.5 Å². The van der Waals surface area contributed by atoms with Gasteiger partial charge in [-0.3, -0.25) is 9.59 Å². The van der Waals surface area contributed by atoms with Crippen molar-refractivity contribution in [2.24, 2.45) is 10.8 Å². The maximum absolute atomic E-state index is 11.6. The first-order chi connectivity index (χ1) is 14.3. The van der Waals surface area contributed by atoms with Crippen LogP contribution in [0.1, 0.15) is 75.2 Å². The summed E-state index contributed by atoms with van der Waals surface area (Å²) in [6.45, 7) is 24.1. The van der Waals surface area contributed by atoms with E-state index >= 15 is 0 Å². The van der Waals surface area contributed by atoms with Crippen LogP contribution in [0.4, 0.5) is 0 Å². The summed E-state index contributed by atoms with van der Waals surface area (Å²) in [5.41, 5.74) is -0.498. The highest BCUT2D eigenvalue weighted by molar-refractivity contribution is 5.86. The van der Waals surface area contributed by atoms with Crippen molar-refractivity contribution in [3.8, 4) is 0 Å². The second-order valence-electron chi connectivity index (χ2n) is 8.69. The molecule has 0 heterocycles. The Bertz CT molecular complexity index is 564. The number of carbonyl (C=O) groups excluding carboxylic acids is 3. The molecule has 0 aliphatic rings. The molecule has 0 aromatic carbocycles. The van der Waals surface area contributed by atoms with Gasteiger partial charge in [-0.2, -0.15) is 0 Å². The third-order valence-corrected chi connectivity index (χ3v) is 5.31. The highest BCUT2D eigenvalue weighted by Crippen LogP contribution is 2.21. The molecule has 31 heavy (non-hydrogen) atoms. The van der Waals surface area contributed by atoms with Crippen molar-refractivity contribution in [2.45, 2.75) is 75.2 Å². The van der Waals surface area contributed by atoms with Crippen LogP contribution < -0.4 is 0 Å². The Hall–Kier alpha value is -1.89. The molecule has 0 N–H and O–H groups in total. The molecule has 7 nitrogen and oxygen atoms in total. The van der Waals surface area contributed by atoms with Crippen LogP contribution in [0.25, 0.3) is 0 Å². The van der Waals surface area contributed by atoms with Gasteiger partial charge < -0.3 is 19.1 Å². The number of ether oxygens (including phenoxy) is 3. The third-order valence-electron chi connectivity index (χ3n) is 5.31. The lowest BCUT2D eigenvalue weighted by Gasteiger charge is -2.22. The fourth-order valence-electron chi connectivity index (χ4n) is 1.88. The molecule has 0 fully saturated rings. The van der Waals surface area contributed by atoms with Crippen LogP contribution in [0.2, 0.25) is 0 Å². The van der Waals surface area contributed by atoms with E-state index in [1.807, 2.05) is 41.5 Å². The van der Waals surface area contributed by atoms with E-state index in [1.54, 1.807) is 6.92 Å². The molecule has 0 saturated carbocycles. The Morgan fingerprint density at radius 3 is 1.48 bits per heavy atom. The van der Waals surface area contributed by atoms with Gasteiger partial charge in [-0.15, -0.1) is 0 Å². The molecule has 7 heteroatoms. The summed E-state index contributed by atoms with van der Waals surface area (Å²) in [4.78, 5) is 36.3. The van der Waals surface area contributed by atoms with Gasteiger partial charge in [0.05, 0.1) is 10.8 Å². The van der Waals surface area contributed by atoms with Gasteiger partial charge >= 0.3 is 17.9 Å². The normalized spacial score (nSPS) is 11.3. The first-order valence-electron chi connectivity index (χ1n) is 11.2. The van der Waals surface area contributed by atoms with E-state index in [-0.39, 0.29) is 30.6 Å². The summed E-state index contributed by atoms with van der Waals surface area (Å²) < 4.78 is 15.0. The van der Waals surface area contributed by atoms with Crippen molar-refractivity contribution in [3.05, 3.63) is 12.2 Å². The van der Waals surface area contributed by atoms with Crippen molar-refractivity contribution in [1.29, 1.82) is 0 Å². The highest BCUT2D eigenvalue weighted by atomic mass is 16.6. The molecule has 0 rings (SSSR count). The topological polar surface area (TPSA) is 82.1 Å². The third kappa shape index (κ3) is 13.9. The molecular weight excluding hydrogens is 398 g/mol. The van der Waals surface area contributed by atoms with E-state index in [1.165, 1.54) is 0 Å². The zero-order valence-corrected chi connectivity index (χ0v) is 21.3. The van der Waals surface area contributed by atoms with Crippen molar-refractivity contribution in [2.75, 3.05) is 39.5 Å². The van der Waals surface area contributed by atoms with Gasteiger partial charge in [0.15, 0.2) is 0 Å². The van der Waals surface area contributed by atoms with Crippen molar-refractivity contribution >= 4 is 17.9 Å². The van der Waals surface area contributed by atoms with E-state index in [9.17, 15) is 14.4 Å². The molecule has 0 spiro atoms. The molecule has 0 amide bonds. The summed E-state index contributed by atoms with van der Waals surface area (Å²) >= 11 is 0. The molecule has 0 aromatic heterocycles. The Kier molecular flexibility index (Phi) is 16.0. The van der Waals surface area contributed by atoms with E-state index in [4.69, 9.17) is 14.2 Å². The van der Waals surface area contributed by atoms with E-state index < -0.39 is 11.4 Å². The number of likely N-dealkylation sites (N-methyl/N-ethyl adjacent to an activating group) is 1. The minimum absolute atomic E-state index is 0.0667.